The molecule has 2 heterocycles. The molecule has 1 aliphatic heterocycles. The number of rotatable bonds is 7. The van der Waals surface area contributed by atoms with Gasteiger partial charge in [-0.25, -0.2) is 0 Å². The van der Waals surface area contributed by atoms with E-state index in [4.69, 9.17) is 4.74 Å². The van der Waals surface area contributed by atoms with Gasteiger partial charge in [0.2, 0.25) is 0 Å². The molecule has 4 aromatic rings. The number of H-pyrrole nitrogens is 1. The van der Waals surface area contributed by atoms with E-state index in [1.165, 1.54) is 0 Å². The van der Waals surface area contributed by atoms with E-state index < -0.39 is 17.7 Å². The first-order chi connectivity index (χ1) is 17.1. The molecule has 6 heteroatoms. The standard InChI is InChI=1S/C29H26N2O4/c1-2-35-22-14-12-20(13-15-22)27(32)25-26(19-8-4-3-5-9-19)31(29(34)28(25)33)17-16-21-18-30-24-11-7-6-10-23(21)24/h3-15,18,26,30,32H,2,16-17H2,1H3/b27-25-. The number of likely N-dealkylation sites (tertiary alicyclic amines) is 1. The summed E-state index contributed by atoms with van der Waals surface area (Å²) in [5.41, 5.74) is 3.44. The molecule has 0 aliphatic carbocycles. The molecule has 6 nitrogen and oxygen atoms in total. The first-order valence-electron chi connectivity index (χ1n) is 11.7. The number of para-hydroxylation sites is 1. The molecule has 1 aromatic heterocycles. The molecular weight excluding hydrogens is 440 g/mol. The highest BCUT2D eigenvalue weighted by molar-refractivity contribution is 6.46. The zero-order valence-corrected chi connectivity index (χ0v) is 19.4. The zero-order chi connectivity index (χ0) is 24.4. The molecule has 1 unspecified atom stereocenters. The smallest absolute Gasteiger partial charge is 0.295 e. The highest BCUT2D eigenvalue weighted by atomic mass is 16.5. The Balaban J connectivity index is 1.52. The van der Waals surface area contributed by atoms with E-state index in [2.05, 4.69) is 4.98 Å². The van der Waals surface area contributed by atoms with Crippen LogP contribution in [0, 0.1) is 0 Å². The fraction of sp³-hybridized carbons (Fsp3) is 0.172. The molecule has 0 saturated carbocycles. The van der Waals surface area contributed by atoms with Crippen LogP contribution in [0.15, 0.2) is 90.6 Å². The largest absolute Gasteiger partial charge is 0.507 e. The van der Waals surface area contributed by atoms with Crippen molar-refractivity contribution in [2.75, 3.05) is 13.2 Å². The predicted molar refractivity (Wildman–Crippen MR) is 135 cm³/mol. The molecule has 0 bridgehead atoms. The van der Waals surface area contributed by atoms with Crippen LogP contribution in [-0.4, -0.2) is 39.8 Å². The monoisotopic (exact) mass is 466 g/mol. The maximum atomic E-state index is 13.2. The van der Waals surface area contributed by atoms with Gasteiger partial charge in [0.15, 0.2) is 0 Å². The Morgan fingerprint density at radius 2 is 1.69 bits per heavy atom. The Morgan fingerprint density at radius 3 is 2.43 bits per heavy atom. The van der Waals surface area contributed by atoms with Gasteiger partial charge in [-0.3, -0.25) is 9.59 Å². The first kappa shape index (κ1) is 22.5. The quantitative estimate of drug-likeness (QED) is 0.222. The number of benzene rings is 3. The number of aromatic amines is 1. The number of carbonyl (C=O) groups is 2. The van der Waals surface area contributed by atoms with E-state index in [1.54, 1.807) is 29.2 Å². The Morgan fingerprint density at radius 1 is 0.971 bits per heavy atom. The van der Waals surface area contributed by atoms with Gasteiger partial charge in [-0.2, -0.15) is 0 Å². The molecule has 1 fully saturated rings. The van der Waals surface area contributed by atoms with Crippen molar-refractivity contribution in [3.8, 4) is 5.75 Å². The maximum Gasteiger partial charge on any atom is 0.295 e. The molecule has 1 atom stereocenters. The molecule has 1 aliphatic rings. The van der Waals surface area contributed by atoms with Crippen LogP contribution in [0.4, 0.5) is 0 Å². The van der Waals surface area contributed by atoms with Gasteiger partial charge in [-0.05, 0) is 54.8 Å². The molecule has 1 saturated heterocycles. The van der Waals surface area contributed by atoms with Crippen LogP contribution in [0.3, 0.4) is 0 Å². The number of ketones is 1. The SMILES string of the molecule is CCOc1ccc(/C(O)=C2/C(=O)C(=O)N(CCc3c[nH]c4ccccc34)C2c2ccccc2)cc1. The fourth-order valence-electron chi connectivity index (χ4n) is 4.70. The minimum absolute atomic E-state index is 0.101. The molecule has 35 heavy (non-hydrogen) atoms. The molecule has 2 N–H and O–H groups in total. The number of nitrogens with zero attached hydrogens (tertiary/aromatic N) is 1. The van der Waals surface area contributed by atoms with Crippen LogP contribution in [0.2, 0.25) is 0 Å². The van der Waals surface area contributed by atoms with Gasteiger partial charge in [0.05, 0.1) is 18.2 Å². The third kappa shape index (κ3) is 4.19. The number of fused-ring (bicyclic) bond motifs is 1. The summed E-state index contributed by atoms with van der Waals surface area (Å²) in [5.74, 6) is -0.798. The van der Waals surface area contributed by atoms with E-state index in [0.29, 0.717) is 30.9 Å². The highest BCUT2D eigenvalue weighted by Gasteiger charge is 2.45. The number of nitrogens with one attached hydrogen (secondary N) is 1. The second-order valence-corrected chi connectivity index (χ2v) is 8.47. The molecule has 5 rings (SSSR count). The normalized spacial score (nSPS) is 17.3. The predicted octanol–water partition coefficient (Wildman–Crippen LogP) is 5.23. The number of Topliss-reactive ketones (excluding diaryl/α,β-unsaturated/α-hetero) is 1. The summed E-state index contributed by atoms with van der Waals surface area (Å²) >= 11 is 0. The van der Waals surface area contributed by atoms with Gasteiger partial charge in [-0.1, -0.05) is 48.5 Å². The number of aliphatic hydroxyl groups is 1. The van der Waals surface area contributed by atoms with Gasteiger partial charge in [0, 0.05) is 29.2 Å². The summed E-state index contributed by atoms with van der Waals surface area (Å²) in [4.78, 5) is 31.2. The van der Waals surface area contributed by atoms with E-state index in [9.17, 15) is 14.7 Å². The molecule has 176 valence electrons. The lowest BCUT2D eigenvalue weighted by Gasteiger charge is -2.25. The van der Waals surface area contributed by atoms with Crippen molar-refractivity contribution in [3.05, 3.63) is 107 Å². The summed E-state index contributed by atoms with van der Waals surface area (Å²) < 4.78 is 5.48. The minimum Gasteiger partial charge on any atom is -0.507 e. The van der Waals surface area contributed by atoms with Gasteiger partial charge < -0.3 is 19.7 Å². The summed E-state index contributed by atoms with van der Waals surface area (Å²) in [6.45, 7) is 2.76. The molecule has 0 radical (unpaired) electrons. The Bertz CT molecular complexity index is 1400. The topological polar surface area (TPSA) is 82.6 Å². The lowest BCUT2D eigenvalue weighted by Crippen LogP contribution is -2.31. The number of amides is 1. The van der Waals surface area contributed by atoms with Crippen molar-refractivity contribution in [1.82, 2.24) is 9.88 Å². The van der Waals surface area contributed by atoms with Crippen molar-refractivity contribution >= 4 is 28.4 Å². The van der Waals surface area contributed by atoms with Crippen LogP contribution in [0.25, 0.3) is 16.7 Å². The van der Waals surface area contributed by atoms with Crippen molar-refractivity contribution in [2.45, 2.75) is 19.4 Å². The molecule has 1 amide bonds. The van der Waals surface area contributed by atoms with E-state index >= 15 is 0 Å². The fourth-order valence-corrected chi connectivity index (χ4v) is 4.70. The number of aromatic nitrogens is 1. The third-order valence-corrected chi connectivity index (χ3v) is 6.39. The van der Waals surface area contributed by atoms with Gasteiger partial charge in [-0.15, -0.1) is 0 Å². The molecule has 3 aromatic carbocycles. The number of aliphatic hydroxyl groups excluding tert-OH is 1. The van der Waals surface area contributed by atoms with Crippen LogP contribution in [-0.2, 0) is 16.0 Å². The Hall–Kier alpha value is -4.32. The lowest BCUT2D eigenvalue weighted by atomic mass is 9.95. The number of hydrogen-bond acceptors (Lipinski definition) is 4. The maximum absolute atomic E-state index is 13.2. The third-order valence-electron chi connectivity index (χ3n) is 6.39. The molecule has 0 spiro atoms. The van der Waals surface area contributed by atoms with E-state index in [0.717, 1.165) is 22.0 Å². The van der Waals surface area contributed by atoms with Crippen molar-refractivity contribution in [1.29, 1.82) is 0 Å². The number of hydrogen-bond donors (Lipinski definition) is 2. The van der Waals surface area contributed by atoms with Crippen LogP contribution >= 0.6 is 0 Å². The van der Waals surface area contributed by atoms with E-state index in [1.807, 2.05) is 67.7 Å². The number of ether oxygens (including phenoxy) is 1. The second kappa shape index (κ2) is 9.50. The van der Waals surface area contributed by atoms with Crippen LogP contribution in [0.1, 0.15) is 29.7 Å². The van der Waals surface area contributed by atoms with Crippen LogP contribution in [0.5, 0.6) is 5.75 Å². The first-order valence-corrected chi connectivity index (χ1v) is 11.7. The minimum atomic E-state index is -0.677. The summed E-state index contributed by atoms with van der Waals surface area (Å²) in [5, 5.41) is 12.3. The second-order valence-electron chi connectivity index (χ2n) is 8.47. The summed E-state index contributed by atoms with van der Waals surface area (Å²) in [6, 6.07) is 23.6. The summed E-state index contributed by atoms with van der Waals surface area (Å²) in [7, 11) is 0. The lowest BCUT2D eigenvalue weighted by molar-refractivity contribution is -0.139. The summed E-state index contributed by atoms with van der Waals surface area (Å²) in [6.07, 6.45) is 2.52. The van der Waals surface area contributed by atoms with Crippen molar-refractivity contribution in [3.63, 3.8) is 0 Å². The average Bonchev–Trinajstić information content (AvgIpc) is 3.42. The molecular formula is C29H26N2O4. The van der Waals surface area contributed by atoms with Gasteiger partial charge in [0.1, 0.15) is 11.5 Å². The Kier molecular flexibility index (Phi) is 6.10. The van der Waals surface area contributed by atoms with Gasteiger partial charge >= 0.3 is 0 Å². The number of carbonyl (C=O) groups excluding carboxylic acids is 2. The van der Waals surface area contributed by atoms with Gasteiger partial charge in [0.25, 0.3) is 11.7 Å². The Labute approximate surface area is 203 Å². The van der Waals surface area contributed by atoms with Crippen LogP contribution < -0.4 is 4.74 Å². The average molecular weight is 467 g/mol. The van der Waals surface area contributed by atoms with E-state index in [-0.39, 0.29) is 11.3 Å². The van der Waals surface area contributed by atoms with Crippen molar-refractivity contribution in [2.24, 2.45) is 0 Å². The highest BCUT2D eigenvalue weighted by Crippen LogP contribution is 2.39. The zero-order valence-electron chi connectivity index (χ0n) is 19.4. The van der Waals surface area contributed by atoms with Crippen molar-refractivity contribution < 1.29 is 19.4 Å².